The zero-order valence-corrected chi connectivity index (χ0v) is 12.0. The second-order valence-corrected chi connectivity index (χ2v) is 6.42. The van der Waals surface area contributed by atoms with E-state index in [1.54, 1.807) is 11.8 Å². The van der Waals surface area contributed by atoms with Gasteiger partial charge in [-0.2, -0.15) is 11.8 Å². The van der Waals surface area contributed by atoms with Crippen LogP contribution in [0.5, 0.6) is 0 Å². The van der Waals surface area contributed by atoms with Gasteiger partial charge in [0.2, 0.25) is 5.91 Å². The van der Waals surface area contributed by atoms with Gasteiger partial charge in [0.25, 0.3) is 0 Å². The van der Waals surface area contributed by atoms with Crippen LogP contribution in [0.4, 0.5) is 0 Å². The number of carbonyl (C=O) groups excluding carboxylic acids is 1. The highest BCUT2D eigenvalue weighted by molar-refractivity contribution is 7.98. The molecule has 0 unspecified atom stereocenters. The molecular weight excluding hydrogens is 246 g/mol. The highest BCUT2D eigenvalue weighted by atomic mass is 32.2. The van der Waals surface area contributed by atoms with Crippen LogP contribution >= 0.6 is 11.8 Å². The third-order valence-corrected chi connectivity index (χ3v) is 4.55. The van der Waals surface area contributed by atoms with E-state index in [-0.39, 0.29) is 11.9 Å². The van der Waals surface area contributed by atoms with Crippen molar-refractivity contribution in [2.75, 3.05) is 25.1 Å². The molecule has 1 amide bonds. The van der Waals surface area contributed by atoms with Crippen LogP contribution in [-0.4, -0.2) is 54.0 Å². The maximum absolute atomic E-state index is 11.9. The number of carbonyl (C=O) groups is 1. The molecule has 1 saturated carbocycles. The molecule has 2 aliphatic rings. The quantitative estimate of drug-likeness (QED) is 0.750. The Morgan fingerprint density at radius 3 is 2.61 bits per heavy atom. The monoisotopic (exact) mass is 271 g/mol. The van der Waals surface area contributed by atoms with Crippen molar-refractivity contribution in [2.24, 2.45) is 5.73 Å². The third-order valence-electron chi connectivity index (χ3n) is 3.91. The molecule has 2 rings (SSSR count). The summed E-state index contributed by atoms with van der Waals surface area (Å²) in [4.78, 5) is 14.5. The van der Waals surface area contributed by atoms with Crippen LogP contribution in [0.25, 0.3) is 0 Å². The molecule has 0 aromatic carbocycles. The van der Waals surface area contributed by atoms with Crippen molar-refractivity contribution in [3.8, 4) is 0 Å². The second kappa shape index (κ2) is 6.78. The number of nitrogens with one attached hydrogen (secondary N) is 1. The molecule has 1 heterocycles. The van der Waals surface area contributed by atoms with E-state index in [4.69, 9.17) is 5.73 Å². The van der Waals surface area contributed by atoms with Crippen LogP contribution in [0.3, 0.4) is 0 Å². The average Bonchev–Trinajstić information content (AvgIpc) is 3.21. The molecule has 2 fully saturated rings. The number of likely N-dealkylation sites (tertiary alicyclic amines) is 1. The van der Waals surface area contributed by atoms with Crippen molar-refractivity contribution >= 4 is 17.7 Å². The first-order valence-electron chi connectivity index (χ1n) is 6.99. The molecule has 0 aromatic rings. The van der Waals surface area contributed by atoms with Gasteiger partial charge in [0.05, 0.1) is 6.04 Å². The topological polar surface area (TPSA) is 58.4 Å². The van der Waals surface area contributed by atoms with E-state index in [0.29, 0.717) is 6.04 Å². The average molecular weight is 271 g/mol. The van der Waals surface area contributed by atoms with Gasteiger partial charge in [0.1, 0.15) is 0 Å². The van der Waals surface area contributed by atoms with Crippen LogP contribution in [0.2, 0.25) is 0 Å². The Bertz CT molecular complexity index is 275. The summed E-state index contributed by atoms with van der Waals surface area (Å²) in [5, 5.41) is 3.11. The van der Waals surface area contributed by atoms with E-state index in [1.165, 1.54) is 12.8 Å². The zero-order chi connectivity index (χ0) is 13.0. The predicted molar refractivity (Wildman–Crippen MR) is 76.7 cm³/mol. The molecule has 0 bridgehead atoms. The lowest BCUT2D eigenvalue weighted by molar-refractivity contribution is -0.123. The van der Waals surface area contributed by atoms with E-state index in [9.17, 15) is 4.79 Å². The van der Waals surface area contributed by atoms with Gasteiger partial charge < -0.3 is 16.0 Å². The Labute approximate surface area is 114 Å². The maximum Gasteiger partial charge on any atom is 0.237 e. The Morgan fingerprint density at radius 1 is 1.39 bits per heavy atom. The molecule has 0 spiro atoms. The first kappa shape index (κ1) is 14.2. The molecule has 104 valence electrons. The lowest BCUT2D eigenvalue weighted by Gasteiger charge is -2.32. The minimum Gasteiger partial charge on any atom is -0.352 e. The van der Waals surface area contributed by atoms with Crippen molar-refractivity contribution in [2.45, 2.75) is 50.2 Å². The Morgan fingerprint density at radius 2 is 2.06 bits per heavy atom. The lowest BCUT2D eigenvalue weighted by atomic mass is 10.0. The Hall–Kier alpha value is -0.260. The van der Waals surface area contributed by atoms with Crippen molar-refractivity contribution in [1.82, 2.24) is 10.2 Å². The van der Waals surface area contributed by atoms with Crippen LogP contribution in [0, 0.1) is 0 Å². The largest absolute Gasteiger partial charge is 0.352 e. The number of hydrogen-bond acceptors (Lipinski definition) is 4. The van der Waals surface area contributed by atoms with E-state index < -0.39 is 0 Å². The summed E-state index contributed by atoms with van der Waals surface area (Å²) in [7, 11) is 0. The van der Waals surface area contributed by atoms with Crippen LogP contribution < -0.4 is 11.1 Å². The molecule has 4 nitrogen and oxygen atoms in total. The molecule has 18 heavy (non-hydrogen) atoms. The molecule has 5 heteroatoms. The number of rotatable bonds is 6. The number of nitrogens with two attached hydrogens (primary N) is 1. The SMILES string of the molecule is CSCC[C@H](N)C(=O)NC1CCN(C2CC2)CC1. The highest BCUT2D eigenvalue weighted by Crippen LogP contribution is 2.29. The van der Waals surface area contributed by atoms with Crippen LogP contribution in [0.15, 0.2) is 0 Å². The Kier molecular flexibility index (Phi) is 5.33. The summed E-state index contributed by atoms with van der Waals surface area (Å²) in [6, 6.07) is 0.859. The minimum atomic E-state index is -0.334. The van der Waals surface area contributed by atoms with Gasteiger partial charge in [-0.15, -0.1) is 0 Å². The van der Waals surface area contributed by atoms with Gasteiger partial charge in [-0.05, 0) is 44.1 Å². The van der Waals surface area contributed by atoms with E-state index in [1.807, 2.05) is 6.26 Å². The van der Waals surface area contributed by atoms with E-state index in [0.717, 1.165) is 44.1 Å². The fourth-order valence-corrected chi connectivity index (χ4v) is 3.02. The van der Waals surface area contributed by atoms with Crippen molar-refractivity contribution in [3.05, 3.63) is 0 Å². The number of amides is 1. The molecule has 0 radical (unpaired) electrons. The van der Waals surface area contributed by atoms with Gasteiger partial charge in [0.15, 0.2) is 0 Å². The molecule has 1 aliphatic carbocycles. The Balaban J connectivity index is 1.65. The molecule has 3 N–H and O–H groups in total. The number of piperidine rings is 1. The first-order chi connectivity index (χ1) is 8.70. The summed E-state index contributed by atoms with van der Waals surface area (Å²) in [5.41, 5.74) is 5.87. The summed E-state index contributed by atoms with van der Waals surface area (Å²) < 4.78 is 0. The summed E-state index contributed by atoms with van der Waals surface area (Å²) in [6.45, 7) is 2.27. The number of hydrogen-bond donors (Lipinski definition) is 2. The van der Waals surface area contributed by atoms with Crippen molar-refractivity contribution in [3.63, 3.8) is 0 Å². The first-order valence-corrected chi connectivity index (χ1v) is 8.39. The van der Waals surface area contributed by atoms with Gasteiger partial charge in [-0.3, -0.25) is 4.79 Å². The normalized spacial score (nSPS) is 23.9. The number of nitrogens with zero attached hydrogens (tertiary/aromatic N) is 1. The van der Waals surface area contributed by atoms with Crippen LogP contribution in [0.1, 0.15) is 32.1 Å². The molecular formula is C13H25N3OS. The minimum absolute atomic E-state index is 0.0360. The van der Waals surface area contributed by atoms with Crippen molar-refractivity contribution in [1.29, 1.82) is 0 Å². The highest BCUT2D eigenvalue weighted by Gasteiger charge is 2.32. The fraction of sp³-hybridized carbons (Fsp3) is 0.923. The van der Waals surface area contributed by atoms with E-state index in [2.05, 4.69) is 10.2 Å². The van der Waals surface area contributed by atoms with Gasteiger partial charge >= 0.3 is 0 Å². The van der Waals surface area contributed by atoms with Gasteiger partial charge in [-0.25, -0.2) is 0 Å². The maximum atomic E-state index is 11.9. The lowest BCUT2D eigenvalue weighted by Crippen LogP contribution is -2.50. The van der Waals surface area contributed by atoms with Gasteiger partial charge in [0, 0.05) is 25.2 Å². The molecule has 1 saturated heterocycles. The van der Waals surface area contributed by atoms with Crippen LogP contribution in [-0.2, 0) is 4.79 Å². The predicted octanol–water partition coefficient (Wildman–Crippen LogP) is 0.810. The second-order valence-electron chi connectivity index (χ2n) is 5.44. The molecule has 1 atom stereocenters. The standard InChI is InChI=1S/C13H25N3OS/c1-18-9-6-12(14)13(17)15-10-4-7-16(8-5-10)11-2-3-11/h10-12H,2-9,14H2,1H3,(H,15,17)/t12-/m0/s1. The van der Waals surface area contributed by atoms with E-state index >= 15 is 0 Å². The zero-order valence-electron chi connectivity index (χ0n) is 11.2. The fourth-order valence-electron chi connectivity index (χ4n) is 2.53. The smallest absolute Gasteiger partial charge is 0.237 e. The molecule has 0 aromatic heterocycles. The summed E-state index contributed by atoms with van der Waals surface area (Å²) in [6.07, 6.45) is 7.72. The summed E-state index contributed by atoms with van der Waals surface area (Å²) in [5.74, 6) is 0.989. The summed E-state index contributed by atoms with van der Waals surface area (Å²) >= 11 is 1.74. The number of thioether (sulfide) groups is 1. The van der Waals surface area contributed by atoms with Gasteiger partial charge in [-0.1, -0.05) is 0 Å². The van der Waals surface area contributed by atoms with Crippen molar-refractivity contribution < 1.29 is 4.79 Å². The molecule has 1 aliphatic heterocycles. The third kappa shape index (κ3) is 4.14.